The SMILES string of the molecule is C=CC1CC1(NC(=O)C1CC(Nc2nccc3ccccc23)CN1)C(=O)NS(=O)(=O)C1CC1. The van der Waals surface area contributed by atoms with E-state index in [0.29, 0.717) is 32.2 Å². The van der Waals surface area contributed by atoms with Crippen LogP contribution in [-0.2, 0) is 19.6 Å². The highest BCUT2D eigenvalue weighted by molar-refractivity contribution is 7.91. The average molecular weight is 470 g/mol. The molecule has 4 N–H and O–H groups in total. The maximum atomic E-state index is 13.0. The van der Waals surface area contributed by atoms with Gasteiger partial charge in [0, 0.05) is 30.1 Å². The smallest absolute Gasteiger partial charge is 0.259 e. The summed E-state index contributed by atoms with van der Waals surface area (Å²) in [5, 5.41) is 11.0. The van der Waals surface area contributed by atoms with Crippen LogP contribution in [0.3, 0.4) is 0 Å². The Hall–Kier alpha value is -2.98. The van der Waals surface area contributed by atoms with E-state index in [1.807, 2.05) is 30.3 Å². The summed E-state index contributed by atoms with van der Waals surface area (Å²) < 4.78 is 26.6. The molecule has 0 spiro atoms. The molecule has 174 valence electrons. The van der Waals surface area contributed by atoms with Crippen molar-refractivity contribution < 1.29 is 18.0 Å². The number of nitrogens with zero attached hydrogens (tertiary/aromatic N) is 1. The molecule has 1 saturated heterocycles. The van der Waals surface area contributed by atoms with Crippen molar-refractivity contribution in [3.05, 3.63) is 49.2 Å². The first kappa shape index (κ1) is 21.8. The van der Waals surface area contributed by atoms with Crippen molar-refractivity contribution in [1.82, 2.24) is 20.3 Å². The van der Waals surface area contributed by atoms with Crippen LogP contribution in [0.1, 0.15) is 25.7 Å². The normalized spacial score (nSPS) is 28.8. The Kier molecular flexibility index (Phi) is 5.37. The highest BCUT2D eigenvalue weighted by atomic mass is 32.2. The van der Waals surface area contributed by atoms with Gasteiger partial charge in [-0.15, -0.1) is 6.58 Å². The molecule has 5 rings (SSSR count). The number of amides is 2. The van der Waals surface area contributed by atoms with E-state index < -0.39 is 32.8 Å². The molecule has 33 heavy (non-hydrogen) atoms. The van der Waals surface area contributed by atoms with E-state index >= 15 is 0 Å². The minimum Gasteiger partial charge on any atom is -0.365 e. The number of carbonyl (C=O) groups excluding carboxylic acids is 2. The number of anilines is 1. The molecule has 2 heterocycles. The maximum Gasteiger partial charge on any atom is 0.259 e. The van der Waals surface area contributed by atoms with Gasteiger partial charge in [-0.05, 0) is 37.1 Å². The van der Waals surface area contributed by atoms with Crippen LogP contribution in [0.4, 0.5) is 5.82 Å². The second-order valence-electron chi connectivity index (χ2n) is 9.10. The van der Waals surface area contributed by atoms with Crippen LogP contribution in [0.25, 0.3) is 10.8 Å². The van der Waals surface area contributed by atoms with E-state index in [1.165, 1.54) is 0 Å². The van der Waals surface area contributed by atoms with Gasteiger partial charge in [-0.1, -0.05) is 30.3 Å². The number of fused-ring (bicyclic) bond motifs is 1. The number of pyridine rings is 1. The molecule has 1 aromatic heterocycles. The predicted octanol–water partition coefficient (Wildman–Crippen LogP) is 1.05. The van der Waals surface area contributed by atoms with E-state index in [2.05, 4.69) is 32.2 Å². The number of sulfonamides is 1. The third-order valence-electron chi connectivity index (χ3n) is 6.71. The molecule has 3 aliphatic rings. The first-order valence-corrected chi connectivity index (χ1v) is 12.7. The fraction of sp³-hybridized carbons (Fsp3) is 0.435. The molecule has 0 bridgehead atoms. The molecule has 9 nitrogen and oxygen atoms in total. The summed E-state index contributed by atoms with van der Waals surface area (Å²) in [6, 6.07) is 9.37. The van der Waals surface area contributed by atoms with Gasteiger partial charge >= 0.3 is 0 Å². The van der Waals surface area contributed by atoms with Crippen molar-refractivity contribution in [1.29, 1.82) is 0 Å². The van der Waals surface area contributed by atoms with Crippen molar-refractivity contribution in [2.45, 2.75) is 48.6 Å². The highest BCUT2D eigenvalue weighted by Crippen LogP contribution is 2.45. The Bertz CT molecular complexity index is 1220. The highest BCUT2D eigenvalue weighted by Gasteiger charge is 2.61. The maximum absolute atomic E-state index is 13.0. The third kappa shape index (κ3) is 4.20. The third-order valence-corrected chi connectivity index (χ3v) is 8.53. The monoisotopic (exact) mass is 469 g/mol. The first-order chi connectivity index (χ1) is 15.8. The standard InChI is InChI=1S/C23H27N5O4S/c1-2-15-12-23(15,22(30)28-33(31,32)17-7-8-17)27-21(29)19-11-16(13-25-19)26-20-18-6-4-3-5-14(18)9-10-24-20/h2-6,9-10,15-17,19,25H,1,7-8,11-13H2,(H,24,26)(H,27,29)(H,28,30). The summed E-state index contributed by atoms with van der Waals surface area (Å²) in [6.07, 6.45) is 5.29. The first-order valence-electron chi connectivity index (χ1n) is 11.2. The van der Waals surface area contributed by atoms with Crippen molar-refractivity contribution >= 4 is 38.4 Å². The molecule has 3 fully saturated rings. The van der Waals surface area contributed by atoms with Gasteiger partial charge in [0.1, 0.15) is 11.4 Å². The Morgan fingerprint density at radius 1 is 1.21 bits per heavy atom. The summed E-state index contributed by atoms with van der Waals surface area (Å²) in [7, 11) is -3.69. The van der Waals surface area contributed by atoms with E-state index in [9.17, 15) is 18.0 Å². The zero-order chi connectivity index (χ0) is 23.2. The number of aromatic nitrogens is 1. The van der Waals surface area contributed by atoms with E-state index in [-0.39, 0.29) is 17.9 Å². The molecule has 1 aromatic carbocycles. The second-order valence-corrected chi connectivity index (χ2v) is 11.1. The Balaban J connectivity index is 1.23. The van der Waals surface area contributed by atoms with Crippen LogP contribution in [0, 0.1) is 5.92 Å². The van der Waals surface area contributed by atoms with Gasteiger partial charge in [0.05, 0.1) is 11.3 Å². The number of benzene rings is 1. The molecular weight excluding hydrogens is 442 g/mol. The fourth-order valence-corrected chi connectivity index (χ4v) is 5.86. The number of hydrogen-bond donors (Lipinski definition) is 4. The molecular formula is C23H27N5O4S. The van der Waals surface area contributed by atoms with Crippen LogP contribution < -0.4 is 20.7 Å². The van der Waals surface area contributed by atoms with Gasteiger partial charge < -0.3 is 16.0 Å². The van der Waals surface area contributed by atoms with Crippen molar-refractivity contribution in [3.63, 3.8) is 0 Å². The van der Waals surface area contributed by atoms with E-state index in [1.54, 1.807) is 12.3 Å². The molecule has 10 heteroatoms. The Labute approximate surface area is 192 Å². The van der Waals surface area contributed by atoms with Gasteiger partial charge in [0.25, 0.3) is 5.91 Å². The van der Waals surface area contributed by atoms with Gasteiger partial charge in [-0.25, -0.2) is 13.4 Å². The lowest BCUT2D eigenvalue weighted by atomic mass is 10.1. The zero-order valence-electron chi connectivity index (χ0n) is 18.1. The number of rotatable bonds is 8. The zero-order valence-corrected chi connectivity index (χ0v) is 18.9. The summed E-state index contributed by atoms with van der Waals surface area (Å²) in [4.78, 5) is 30.3. The lowest BCUT2D eigenvalue weighted by Gasteiger charge is -2.21. The van der Waals surface area contributed by atoms with Crippen molar-refractivity contribution in [2.75, 3.05) is 11.9 Å². The summed E-state index contributed by atoms with van der Waals surface area (Å²) in [5.41, 5.74) is -1.26. The summed E-state index contributed by atoms with van der Waals surface area (Å²) >= 11 is 0. The molecule has 2 aliphatic carbocycles. The minimum absolute atomic E-state index is 0.0199. The van der Waals surface area contributed by atoms with Gasteiger partial charge in [-0.2, -0.15) is 0 Å². The van der Waals surface area contributed by atoms with Crippen molar-refractivity contribution in [2.24, 2.45) is 5.92 Å². The van der Waals surface area contributed by atoms with Crippen LogP contribution in [0.5, 0.6) is 0 Å². The van der Waals surface area contributed by atoms with Crippen LogP contribution in [0.15, 0.2) is 49.2 Å². The van der Waals surface area contributed by atoms with Gasteiger partial charge in [0.2, 0.25) is 15.9 Å². The van der Waals surface area contributed by atoms with E-state index in [4.69, 9.17) is 0 Å². The van der Waals surface area contributed by atoms with Crippen LogP contribution in [0.2, 0.25) is 0 Å². The van der Waals surface area contributed by atoms with Crippen molar-refractivity contribution in [3.8, 4) is 0 Å². The predicted molar refractivity (Wildman–Crippen MR) is 125 cm³/mol. The molecule has 4 unspecified atom stereocenters. The molecule has 2 saturated carbocycles. The second kappa shape index (κ2) is 8.11. The molecule has 1 aliphatic heterocycles. The summed E-state index contributed by atoms with van der Waals surface area (Å²) in [5.74, 6) is -0.546. The average Bonchev–Trinajstić information content (AvgIpc) is 3.71. The van der Waals surface area contributed by atoms with Gasteiger partial charge in [-0.3, -0.25) is 14.3 Å². The lowest BCUT2D eigenvalue weighted by molar-refractivity contribution is -0.130. The quantitative estimate of drug-likeness (QED) is 0.425. The topological polar surface area (TPSA) is 129 Å². The molecule has 2 aromatic rings. The Morgan fingerprint density at radius 3 is 2.73 bits per heavy atom. The lowest BCUT2D eigenvalue weighted by Crippen LogP contribution is -2.55. The number of carbonyl (C=O) groups is 2. The Morgan fingerprint density at radius 2 is 2.00 bits per heavy atom. The van der Waals surface area contributed by atoms with Crippen LogP contribution in [-0.4, -0.2) is 54.6 Å². The fourth-order valence-electron chi connectivity index (χ4n) is 4.50. The van der Waals surface area contributed by atoms with Crippen LogP contribution >= 0.6 is 0 Å². The van der Waals surface area contributed by atoms with Gasteiger partial charge in [0.15, 0.2) is 0 Å². The molecule has 2 amide bonds. The molecule has 0 radical (unpaired) electrons. The largest absolute Gasteiger partial charge is 0.365 e. The molecule has 4 atom stereocenters. The number of hydrogen-bond acceptors (Lipinski definition) is 7. The van der Waals surface area contributed by atoms with E-state index in [0.717, 1.165) is 16.6 Å². The summed E-state index contributed by atoms with van der Waals surface area (Å²) in [6.45, 7) is 4.28. The minimum atomic E-state index is -3.69. The number of nitrogens with one attached hydrogen (secondary N) is 4.